The lowest BCUT2D eigenvalue weighted by atomic mass is 10.3. The molecular formula is C11H13N3OS2. The van der Waals surface area contributed by atoms with Gasteiger partial charge >= 0.3 is 0 Å². The molecule has 0 spiro atoms. The fourth-order valence-corrected chi connectivity index (χ4v) is 2.88. The first-order valence-electron chi connectivity index (χ1n) is 5.14. The van der Waals surface area contributed by atoms with Crippen LogP contribution in [0, 0.1) is 6.92 Å². The number of carbonyl (C=O) groups excluding carboxylic acids is 1. The van der Waals surface area contributed by atoms with E-state index in [1.54, 1.807) is 12.3 Å². The molecule has 0 saturated heterocycles. The van der Waals surface area contributed by atoms with Crippen LogP contribution in [0.15, 0.2) is 17.6 Å². The van der Waals surface area contributed by atoms with Gasteiger partial charge in [0.2, 0.25) is 0 Å². The largest absolute Gasteiger partial charge is 0.398 e. The molecule has 4 nitrogen and oxygen atoms in total. The minimum atomic E-state index is -0.0995. The first kappa shape index (κ1) is 12.1. The summed E-state index contributed by atoms with van der Waals surface area (Å²) in [6, 6.07) is 1.63. The first-order chi connectivity index (χ1) is 8.08. The molecule has 0 saturated carbocycles. The van der Waals surface area contributed by atoms with Gasteiger partial charge in [-0.15, -0.1) is 22.7 Å². The van der Waals surface area contributed by atoms with E-state index >= 15 is 0 Å². The molecule has 1 unspecified atom stereocenters. The van der Waals surface area contributed by atoms with Crippen molar-refractivity contribution >= 4 is 34.3 Å². The maximum absolute atomic E-state index is 11.9. The average Bonchev–Trinajstić information content (AvgIpc) is 2.89. The van der Waals surface area contributed by atoms with Crippen molar-refractivity contribution in [3.05, 3.63) is 32.4 Å². The zero-order chi connectivity index (χ0) is 12.4. The number of thiazole rings is 1. The Hall–Kier alpha value is -1.40. The van der Waals surface area contributed by atoms with Crippen molar-refractivity contribution < 1.29 is 4.79 Å². The van der Waals surface area contributed by atoms with Crippen LogP contribution in [-0.2, 0) is 0 Å². The fourth-order valence-electron chi connectivity index (χ4n) is 1.39. The second kappa shape index (κ2) is 4.85. The van der Waals surface area contributed by atoms with E-state index in [1.165, 1.54) is 22.7 Å². The van der Waals surface area contributed by atoms with Crippen LogP contribution in [0.5, 0.6) is 0 Å². The number of aromatic nitrogens is 1. The molecule has 0 aliphatic heterocycles. The second-order valence-corrected chi connectivity index (χ2v) is 5.87. The summed E-state index contributed by atoms with van der Waals surface area (Å²) in [4.78, 5) is 17.7. The average molecular weight is 267 g/mol. The van der Waals surface area contributed by atoms with E-state index in [0.717, 1.165) is 9.88 Å². The monoisotopic (exact) mass is 267 g/mol. The summed E-state index contributed by atoms with van der Waals surface area (Å²) < 4.78 is 0. The van der Waals surface area contributed by atoms with E-state index < -0.39 is 0 Å². The van der Waals surface area contributed by atoms with Crippen LogP contribution in [0.2, 0.25) is 0 Å². The Kier molecular flexibility index (Phi) is 3.44. The number of aryl methyl sites for hydroxylation is 1. The van der Waals surface area contributed by atoms with Gasteiger partial charge < -0.3 is 11.1 Å². The summed E-state index contributed by atoms with van der Waals surface area (Å²) >= 11 is 2.94. The van der Waals surface area contributed by atoms with Gasteiger partial charge in [-0.1, -0.05) is 0 Å². The summed E-state index contributed by atoms with van der Waals surface area (Å²) in [6.07, 6.45) is 1.73. The molecule has 3 N–H and O–H groups in total. The van der Waals surface area contributed by atoms with Crippen LogP contribution in [0.3, 0.4) is 0 Å². The minimum Gasteiger partial charge on any atom is -0.398 e. The number of rotatable bonds is 3. The number of nitrogens with two attached hydrogens (primary N) is 1. The topological polar surface area (TPSA) is 68.0 Å². The van der Waals surface area contributed by atoms with Gasteiger partial charge in [0.05, 0.1) is 10.9 Å². The third kappa shape index (κ3) is 2.65. The summed E-state index contributed by atoms with van der Waals surface area (Å²) in [5.74, 6) is -0.0995. The maximum atomic E-state index is 11.9. The van der Waals surface area contributed by atoms with Gasteiger partial charge in [-0.3, -0.25) is 4.79 Å². The molecule has 0 bridgehead atoms. The summed E-state index contributed by atoms with van der Waals surface area (Å²) in [7, 11) is 0. The predicted octanol–water partition coefficient (Wildman–Crippen LogP) is 2.59. The Morgan fingerprint density at radius 3 is 2.88 bits per heavy atom. The molecule has 17 heavy (non-hydrogen) atoms. The Labute approximate surface area is 107 Å². The van der Waals surface area contributed by atoms with Gasteiger partial charge in [-0.25, -0.2) is 4.98 Å². The van der Waals surface area contributed by atoms with Crippen LogP contribution in [0.1, 0.15) is 32.5 Å². The first-order valence-corrected chi connectivity index (χ1v) is 6.83. The minimum absolute atomic E-state index is 0.0777. The Balaban J connectivity index is 2.07. The number of carbonyl (C=O) groups is 1. The molecule has 2 rings (SSSR count). The van der Waals surface area contributed by atoms with Crippen molar-refractivity contribution in [2.24, 2.45) is 0 Å². The number of nitrogens with zero attached hydrogens (tertiary/aromatic N) is 1. The van der Waals surface area contributed by atoms with Gasteiger partial charge in [0, 0.05) is 22.1 Å². The SMILES string of the molecule is Cc1sc(C(=O)NC(C)c2nccs2)cc1N. The van der Waals surface area contributed by atoms with E-state index in [0.29, 0.717) is 10.6 Å². The number of nitrogens with one attached hydrogen (secondary N) is 1. The van der Waals surface area contributed by atoms with E-state index in [9.17, 15) is 4.79 Å². The maximum Gasteiger partial charge on any atom is 0.261 e. The fraction of sp³-hybridized carbons (Fsp3) is 0.273. The highest BCUT2D eigenvalue weighted by molar-refractivity contribution is 7.14. The van der Waals surface area contributed by atoms with Gasteiger partial charge in [-0.05, 0) is 19.9 Å². The second-order valence-electron chi connectivity index (χ2n) is 3.69. The van der Waals surface area contributed by atoms with Crippen molar-refractivity contribution in [2.45, 2.75) is 19.9 Å². The van der Waals surface area contributed by atoms with Crippen molar-refractivity contribution in [1.29, 1.82) is 0 Å². The molecular weight excluding hydrogens is 254 g/mol. The molecule has 2 aromatic heterocycles. The highest BCUT2D eigenvalue weighted by Gasteiger charge is 2.15. The third-order valence-corrected chi connectivity index (χ3v) is 4.37. The third-order valence-electron chi connectivity index (χ3n) is 2.35. The van der Waals surface area contributed by atoms with Crippen LogP contribution < -0.4 is 11.1 Å². The zero-order valence-corrected chi connectivity index (χ0v) is 11.2. The molecule has 0 radical (unpaired) electrons. The van der Waals surface area contributed by atoms with Crippen molar-refractivity contribution in [1.82, 2.24) is 10.3 Å². The van der Waals surface area contributed by atoms with E-state index in [4.69, 9.17) is 5.73 Å². The van der Waals surface area contributed by atoms with E-state index in [-0.39, 0.29) is 11.9 Å². The van der Waals surface area contributed by atoms with Crippen molar-refractivity contribution in [3.8, 4) is 0 Å². The molecule has 0 aliphatic carbocycles. The molecule has 2 heterocycles. The van der Waals surface area contributed by atoms with Gasteiger partial charge in [0.1, 0.15) is 5.01 Å². The number of nitrogen functional groups attached to an aromatic ring is 1. The Morgan fingerprint density at radius 2 is 2.35 bits per heavy atom. The molecule has 0 aliphatic rings. The van der Waals surface area contributed by atoms with Crippen LogP contribution in [0.4, 0.5) is 5.69 Å². The highest BCUT2D eigenvalue weighted by atomic mass is 32.1. The standard InChI is InChI=1S/C11H13N3OS2/c1-6(11-13-3-4-16-11)14-10(15)9-5-8(12)7(2)17-9/h3-6H,12H2,1-2H3,(H,14,15). The van der Waals surface area contributed by atoms with E-state index in [1.807, 2.05) is 19.2 Å². The lowest BCUT2D eigenvalue weighted by molar-refractivity contribution is 0.0944. The molecule has 90 valence electrons. The van der Waals surface area contributed by atoms with Crippen LogP contribution in [-0.4, -0.2) is 10.9 Å². The summed E-state index contributed by atoms with van der Waals surface area (Å²) in [6.45, 7) is 3.82. The van der Waals surface area contributed by atoms with Crippen molar-refractivity contribution in [2.75, 3.05) is 5.73 Å². The Morgan fingerprint density at radius 1 is 1.59 bits per heavy atom. The lowest BCUT2D eigenvalue weighted by Gasteiger charge is -2.09. The molecule has 6 heteroatoms. The number of anilines is 1. The van der Waals surface area contributed by atoms with Crippen LogP contribution >= 0.6 is 22.7 Å². The number of thiophene rings is 1. The number of hydrogen-bond acceptors (Lipinski definition) is 5. The number of amides is 1. The van der Waals surface area contributed by atoms with Crippen molar-refractivity contribution in [3.63, 3.8) is 0 Å². The Bertz CT molecular complexity index is 499. The number of hydrogen-bond donors (Lipinski definition) is 2. The smallest absolute Gasteiger partial charge is 0.261 e. The zero-order valence-electron chi connectivity index (χ0n) is 9.56. The molecule has 1 atom stereocenters. The van der Waals surface area contributed by atoms with E-state index in [2.05, 4.69) is 10.3 Å². The van der Waals surface area contributed by atoms with Gasteiger partial charge in [0.25, 0.3) is 5.91 Å². The van der Waals surface area contributed by atoms with Gasteiger partial charge in [-0.2, -0.15) is 0 Å². The summed E-state index contributed by atoms with van der Waals surface area (Å²) in [5.41, 5.74) is 6.39. The molecule has 2 aromatic rings. The summed E-state index contributed by atoms with van der Waals surface area (Å²) in [5, 5.41) is 5.70. The predicted molar refractivity (Wildman–Crippen MR) is 71.5 cm³/mol. The quantitative estimate of drug-likeness (QED) is 0.898. The molecule has 0 fully saturated rings. The van der Waals surface area contributed by atoms with Crippen LogP contribution in [0.25, 0.3) is 0 Å². The lowest BCUT2D eigenvalue weighted by Crippen LogP contribution is -2.25. The van der Waals surface area contributed by atoms with Gasteiger partial charge in [0.15, 0.2) is 0 Å². The highest BCUT2D eigenvalue weighted by Crippen LogP contribution is 2.24. The molecule has 1 amide bonds. The molecule has 0 aromatic carbocycles. The normalized spacial score (nSPS) is 12.4.